The van der Waals surface area contributed by atoms with Crippen molar-refractivity contribution in [1.82, 2.24) is 15.6 Å². The van der Waals surface area contributed by atoms with Gasteiger partial charge in [0.1, 0.15) is 24.6 Å². The van der Waals surface area contributed by atoms with E-state index >= 15 is 0 Å². The van der Waals surface area contributed by atoms with Crippen molar-refractivity contribution in [2.75, 3.05) is 72.6 Å². The highest BCUT2D eigenvalue weighted by Crippen LogP contribution is 2.20. The lowest BCUT2D eigenvalue weighted by Crippen LogP contribution is -2.31. The Morgan fingerprint density at radius 3 is 1.74 bits per heavy atom. The van der Waals surface area contributed by atoms with Crippen molar-refractivity contribution >= 4 is 33.6 Å². The number of aliphatic carboxylic acids is 1. The first-order valence-corrected chi connectivity index (χ1v) is 24.6. The molecule has 2 amide bonds. The molecule has 0 radical (unpaired) electrons. The highest BCUT2D eigenvalue weighted by atomic mass is 32.2. The zero-order valence-electron chi connectivity index (χ0n) is 39.0. The Morgan fingerprint density at radius 2 is 1.17 bits per heavy atom. The zero-order valence-corrected chi connectivity index (χ0v) is 39.8. The van der Waals surface area contributed by atoms with Crippen molar-refractivity contribution in [1.29, 1.82) is 0 Å². The number of carbonyl (C=O) groups is 4. The SMILES string of the molecule is CC(C)(C)OC(=O)CCCCCCCCCCCOc1ccc(CCc2ccc(S(=O)(=O)Cc3ccc(C(=O)NCCOCCOCC(=O)NCCOCCOCC(=O)O)cn3)cc2)cc1. The minimum absolute atomic E-state index is 0.102. The van der Waals surface area contributed by atoms with Gasteiger partial charge in [0.25, 0.3) is 5.91 Å². The molecule has 66 heavy (non-hydrogen) atoms. The van der Waals surface area contributed by atoms with Crippen LogP contribution < -0.4 is 15.4 Å². The van der Waals surface area contributed by atoms with Crippen LogP contribution in [0.2, 0.25) is 0 Å². The molecule has 0 atom stereocenters. The van der Waals surface area contributed by atoms with Crippen molar-refractivity contribution < 1.29 is 61.1 Å². The van der Waals surface area contributed by atoms with Gasteiger partial charge < -0.3 is 44.2 Å². The van der Waals surface area contributed by atoms with Gasteiger partial charge in [0, 0.05) is 25.7 Å². The maximum Gasteiger partial charge on any atom is 0.329 e. The largest absolute Gasteiger partial charge is 0.494 e. The summed E-state index contributed by atoms with van der Waals surface area (Å²) >= 11 is 0. The van der Waals surface area contributed by atoms with E-state index in [0.29, 0.717) is 18.7 Å². The van der Waals surface area contributed by atoms with Gasteiger partial charge in [-0.25, -0.2) is 13.2 Å². The smallest absolute Gasteiger partial charge is 0.329 e. The van der Waals surface area contributed by atoms with Crippen LogP contribution in [-0.2, 0) is 66.5 Å². The molecule has 0 spiro atoms. The lowest BCUT2D eigenvalue weighted by molar-refractivity contribution is -0.155. The second-order valence-electron chi connectivity index (χ2n) is 16.8. The molecule has 0 fully saturated rings. The number of esters is 1. The van der Waals surface area contributed by atoms with Crippen molar-refractivity contribution in [3.05, 3.63) is 89.2 Å². The molecule has 17 heteroatoms. The zero-order chi connectivity index (χ0) is 47.9. The van der Waals surface area contributed by atoms with Gasteiger partial charge in [-0.15, -0.1) is 0 Å². The number of rotatable bonds is 36. The molecule has 0 unspecified atom stereocenters. The third kappa shape index (κ3) is 26.3. The third-order valence-corrected chi connectivity index (χ3v) is 11.5. The number of unbranched alkanes of at least 4 members (excludes halogenated alkanes) is 8. The van der Waals surface area contributed by atoms with Crippen LogP contribution in [0.15, 0.2) is 71.8 Å². The molecule has 0 aliphatic carbocycles. The van der Waals surface area contributed by atoms with Crippen LogP contribution >= 0.6 is 0 Å². The van der Waals surface area contributed by atoms with Crippen LogP contribution in [0.4, 0.5) is 0 Å². The van der Waals surface area contributed by atoms with Gasteiger partial charge in [-0.05, 0) is 94.0 Å². The fraction of sp³-hybridized carbons (Fsp3) is 0.571. The van der Waals surface area contributed by atoms with E-state index < -0.39 is 21.4 Å². The Hall–Kier alpha value is -4.94. The lowest BCUT2D eigenvalue weighted by atomic mass is 10.0. The molecule has 0 bridgehead atoms. The van der Waals surface area contributed by atoms with E-state index in [1.54, 1.807) is 12.1 Å². The van der Waals surface area contributed by atoms with Crippen LogP contribution in [-0.4, -0.2) is 120 Å². The Bertz CT molecular complexity index is 1950. The summed E-state index contributed by atoms with van der Waals surface area (Å²) in [4.78, 5) is 50.9. The van der Waals surface area contributed by atoms with Crippen molar-refractivity contribution in [3.8, 4) is 5.75 Å². The van der Waals surface area contributed by atoms with E-state index in [1.165, 1.54) is 49.6 Å². The number of sulfone groups is 1. The van der Waals surface area contributed by atoms with Gasteiger partial charge in [-0.3, -0.25) is 19.4 Å². The van der Waals surface area contributed by atoms with E-state index in [2.05, 4.69) is 27.8 Å². The molecule has 16 nitrogen and oxygen atoms in total. The Kier molecular flexibility index (Phi) is 26.8. The van der Waals surface area contributed by atoms with Crippen LogP contribution in [0.3, 0.4) is 0 Å². The first-order valence-electron chi connectivity index (χ1n) is 23.0. The monoisotopic (exact) mass is 941 g/mol. The quantitative estimate of drug-likeness (QED) is 0.0422. The van der Waals surface area contributed by atoms with E-state index in [1.807, 2.05) is 45.0 Å². The number of nitrogens with one attached hydrogen (secondary N) is 2. The fourth-order valence-electron chi connectivity index (χ4n) is 6.43. The molecule has 0 saturated carbocycles. The minimum atomic E-state index is -3.67. The molecule has 3 N–H and O–H groups in total. The number of hydrogen-bond donors (Lipinski definition) is 3. The summed E-state index contributed by atoms with van der Waals surface area (Å²) in [5, 5.41) is 13.8. The third-order valence-electron chi connectivity index (χ3n) is 9.85. The normalized spacial score (nSPS) is 11.6. The van der Waals surface area contributed by atoms with E-state index in [-0.39, 0.29) is 99.9 Å². The summed E-state index contributed by atoms with van der Waals surface area (Å²) in [5.41, 5.74) is 2.39. The first-order chi connectivity index (χ1) is 31.7. The number of nitrogens with zero attached hydrogens (tertiary/aromatic N) is 1. The number of aryl methyl sites for hydroxylation is 2. The molecule has 0 aliphatic rings. The van der Waals surface area contributed by atoms with Crippen LogP contribution in [0.25, 0.3) is 0 Å². The number of carbonyl (C=O) groups excluding carboxylic acids is 3. The lowest BCUT2D eigenvalue weighted by Gasteiger charge is -2.19. The molecular weight excluding hydrogens is 871 g/mol. The van der Waals surface area contributed by atoms with Gasteiger partial charge in [0.15, 0.2) is 9.84 Å². The maximum absolute atomic E-state index is 13.2. The average molecular weight is 942 g/mol. The number of pyridine rings is 1. The maximum atomic E-state index is 13.2. The standard InChI is InChI=1S/C49H71N3O13S/c1-49(2,3)65-47(56)13-11-9-7-5-4-6-8-10-12-28-64-43-22-16-39(17-23-43)14-15-40-18-24-44(25-19-40)66(58,59)38-42-21-20-41(35-52-42)48(57)51-27-30-61-31-33-62-36-45(53)50-26-29-60-32-34-63-37-46(54)55/h16-25,35H,4-15,26-34,36-38H2,1-3H3,(H,50,53)(H,51,57)(H,54,55). The molecule has 1 heterocycles. The van der Waals surface area contributed by atoms with Crippen molar-refractivity contribution in [2.24, 2.45) is 0 Å². The number of carboxylic acids is 1. The Labute approximate surface area is 390 Å². The van der Waals surface area contributed by atoms with Gasteiger partial charge in [0.2, 0.25) is 5.91 Å². The van der Waals surface area contributed by atoms with E-state index in [0.717, 1.165) is 56.3 Å². The molecule has 1 aromatic heterocycles. The van der Waals surface area contributed by atoms with Crippen molar-refractivity contribution in [3.63, 3.8) is 0 Å². The molecular formula is C49H71N3O13S. The van der Waals surface area contributed by atoms with Crippen LogP contribution in [0.5, 0.6) is 5.75 Å². The summed E-state index contributed by atoms with van der Waals surface area (Å²) in [6, 6.07) is 18.1. The molecule has 3 rings (SSSR count). The van der Waals surface area contributed by atoms with Crippen LogP contribution in [0.1, 0.15) is 112 Å². The predicted octanol–water partition coefficient (Wildman–Crippen LogP) is 6.46. The van der Waals surface area contributed by atoms with Crippen molar-refractivity contribution in [2.45, 2.75) is 114 Å². The molecule has 3 aromatic rings. The number of ether oxygens (including phenoxy) is 6. The first kappa shape index (κ1) is 55.4. The highest BCUT2D eigenvalue weighted by Gasteiger charge is 2.18. The summed E-state index contributed by atoms with van der Waals surface area (Å²) in [5.74, 6) is -1.30. The Morgan fingerprint density at radius 1 is 0.621 bits per heavy atom. The fourth-order valence-corrected chi connectivity index (χ4v) is 7.71. The molecule has 366 valence electrons. The second-order valence-corrected chi connectivity index (χ2v) is 18.8. The number of aromatic nitrogens is 1. The highest BCUT2D eigenvalue weighted by molar-refractivity contribution is 7.90. The average Bonchev–Trinajstić information content (AvgIpc) is 3.27. The minimum Gasteiger partial charge on any atom is -0.494 e. The predicted molar refractivity (Wildman–Crippen MR) is 249 cm³/mol. The number of amides is 2. The molecule has 0 saturated heterocycles. The van der Waals surface area contributed by atoms with Gasteiger partial charge in [-0.1, -0.05) is 69.2 Å². The topological polar surface area (TPSA) is 215 Å². The summed E-state index contributed by atoms with van der Waals surface area (Å²) in [6.07, 6.45) is 13.6. The summed E-state index contributed by atoms with van der Waals surface area (Å²) < 4.78 is 58.4. The van der Waals surface area contributed by atoms with E-state index in [9.17, 15) is 27.6 Å². The molecule has 2 aromatic carbocycles. The summed E-state index contributed by atoms with van der Waals surface area (Å²) in [6.45, 7) is 7.56. The summed E-state index contributed by atoms with van der Waals surface area (Å²) in [7, 11) is -3.67. The second kappa shape index (κ2) is 31.9. The van der Waals surface area contributed by atoms with Gasteiger partial charge in [0.05, 0.1) is 68.2 Å². The van der Waals surface area contributed by atoms with Gasteiger partial charge >= 0.3 is 11.9 Å². The van der Waals surface area contributed by atoms with E-state index in [4.69, 9.17) is 33.5 Å². The number of hydrogen-bond acceptors (Lipinski definition) is 13. The Balaban J connectivity index is 1.20. The van der Waals surface area contributed by atoms with Gasteiger partial charge in [-0.2, -0.15) is 0 Å². The van der Waals surface area contributed by atoms with Crippen LogP contribution in [0, 0.1) is 0 Å². The molecule has 0 aliphatic heterocycles. The number of carboxylic acid groups (broad SMARTS) is 1. The number of benzene rings is 2.